The number of piperidine rings is 1. The summed E-state index contributed by atoms with van der Waals surface area (Å²) in [6.45, 7) is 2.70. The van der Waals surface area contributed by atoms with E-state index in [0.717, 1.165) is 55.3 Å². The largest absolute Gasteiger partial charge is 0.478 e. The Labute approximate surface area is 157 Å². The molecule has 27 heavy (non-hydrogen) atoms. The van der Waals surface area contributed by atoms with Gasteiger partial charge in [0.25, 0.3) is 0 Å². The lowest BCUT2D eigenvalue weighted by Crippen LogP contribution is -2.32. The summed E-state index contributed by atoms with van der Waals surface area (Å²) in [5, 5.41) is 16.6. The molecule has 1 saturated heterocycles. The number of hydrogen-bond donors (Lipinski definition) is 2. The van der Waals surface area contributed by atoms with E-state index in [2.05, 4.69) is 15.1 Å². The number of aromatic amines is 1. The van der Waals surface area contributed by atoms with E-state index < -0.39 is 5.97 Å². The van der Waals surface area contributed by atoms with Crippen molar-refractivity contribution in [1.82, 2.24) is 20.1 Å². The van der Waals surface area contributed by atoms with Crippen LogP contribution in [0.4, 0.5) is 0 Å². The molecule has 2 N–H and O–H groups in total. The SMILES string of the molecule is O=C(O)c1cccc(CN2CCC(c3nc(-c4ccccc4)n[nH]3)CC2)c1. The number of benzene rings is 2. The molecule has 0 atom stereocenters. The van der Waals surface area contributed by atoms with Gasteiger partial charge in [-0.15, -0.1) is 0 Å². The maximum atomic E-state index is 11.1. The highest BCUT2D eigenvalue weighted by Gasteiger charge is 2.23. The number of likely N-dealkylation sites (tertiary alicyclic amines) is 1. The number of aromatic nitrogens is 3. The van der Waals surface area contributed by atoms with Gasteiger partial charge >= 0.3 is 5.97 Å². The van der Waals surface area contributed by atoms with E-state index in [-0.39, 0.29) is 0 Å². The van der Waals surface area contributed by atoms with Crippen LogP contribution in [0.1, 0.15) is 40.5 Å². The Kier molecular flexibility index (Phi) is 4.98. The second-order valence-corrected chi connectivity index (χ2v) is 6.97. The fourth-order valence-electron chi connectivity index (χ4n) is 3.60. The second kappa shape index (κ2) is 7.72. The van der Waals surface area contributed by atoms with Gasteiger partial charge in [0.2, 0.25) is 0 Å². The molecule has 1 aliphatic rings. The molecule has 6 nitrogen and oxygen atoms in total. The first-order valence-corrected chi connectivity index (χ1v) is 9.21. The molecular weight excluding hydrogens is 340 g/mol. The monoisotopic (exact) mass is 362 g/mol. The number of rotatable bonds is 5. The molecular formula is C21H22N4O2. The number of nitrogens with zero attached hydrogens (tertiary/aromatic N) is 3. The normalized spacial score (nSPS) is 15.7. The molecule has 0 radical (unpaired) electrons. The standard InChI is InChI=1S/C21H22N4O2/c26-21(27)18-8-4-5-15(13-18)14-25-11-9-17(10-12-25)20-22-19(23-24-20)16-6-2-1-3-7-16/h1-8,13,17H,9-12,14H2,(H,26,27)(H,22,23,24). The zero-order valence-electron chi connectivity index (χ0n) is 15.0. The molecule has 1 aliphatic heterocycles. The third-order valence-corrected chi connectivity index (χ3v) is 5.09. The van der Waals surface area contributed by atoms with Gasteiger partial charge in [-0.1, -0.05) is 42.5 Å². The number of aromatic carboxylic acids is 1. The smallest absolute Gasteiger partial charge is 0.335 e. The average Bonchev–Trinajstić information content (AvgIpc) is 3.20. The van der Waals surface area contributed by atoms with Gasteiger partial charge in [0.05, 0.1) is 5.56 Å². The van der Waals surface area contributed by atoms with Crippen molar-refractivity contribution in [3.8, 4) is 11.4 Å². The summed E-state index contributed by atoms with van der Waals surface area (Å²) < 4.78 is 0. The van der Waals surface area contributed by atoms with Gasteiger partial charge in [-0.25, -0.2) is 9.78 Å². The van der Waals surface area contributed by atoms with E-state index in [1.807, 2.05) is 42.5 Å². The van der Waals surface area contributed by atoms with Crippen molar-refractivity contribution >= 4 is 5.97 Å². The number of carboxylic acids is 1. The highest BCUT2D eigenvalue weighted by atomic mass is 16.4. The minimum absolute atomic E-state index is 0.345. The fraction of sp³-hybridized carbons (Fsp3) is 0.286. The summed E-state index contributed by atoms with van der Waals surface area (Å²) in [6, 6.07) is 17.2. The summed E-state index contributed by atoms with van der Waals surface area (Å²) >= 11 is 0. The van der Waals surface area contributed by atoms with E-state index in [4.69, 9.17) is 10.1 Å². The topological polar surface area (TPSA) is 82.1 Å². The summed E-state index contributed by atoms with van der Waals surface area (Å²) in [7, 11) is 0. The van der Waals surface area contributed by atoms with Crippen molar-refractivity contribution in [2.45, 2.75) is 25.3 Å². The van der Waals surface area contributed by atoms with Crippen LogP contribution < -0.4 is 0 Å². The number of carboxylic acid groups (broad SMARTS) is 1. The van der Waals surface area contributed by atoms with Crippen LogP contribution in [0.25, 0.3) is 11.4 Å². The van der Waals surface area contributed by atoms with E-state index in [1.54, 1.807) is 12.1 Å². The zero-order valence-corrected chi connectivity index (χ0v) is 15.0. The summed E-state index contributed by atoms with van der Waals surface area (Å²) in [6.07, 6.45) is 2.03. The first-order valence-electron chi connectivity index (χ1n) is 9.21. The molecule has 0 bridgehead atoms. The van der Waals surface area contributed by atoms with Crippen LogP contribution in [0.5, 0.6) is 0 Å². The Balaban J connectivity index is 1.36. The molecule has 2 aromatic carbocycles. The molecule has 0 unspecified atom stereocenters. The zero-order chi connectivity index (χ0) is 18.6. The van der Waals surface area contributed by atoms with Crippen LogP contribution in [-0.2, 0) is 6.54 Å². The van der Waals surface area contributed by atoms with Crippen LogP contribution in [-0.4, -0.2) is 44.2 Å². The molecule has 0 saturated carbocycles. The molecule has 138 valence electrons. The van der Waals surface area contributed by atoms with E-state index in [0.29, 0.717) is 11.5 Å². The molecule has 0 aliphatic carbocycles. The molecule has 1 aromatic heterocycles. The van der Waals surface area contributed by atoms with E-state index in [9.17, 15) is 4.79 Å². The lowest BCUT2D eigenvalue weighted by molar-refractivity contribution is 0.0696. The summed E-state index contributed by atoms with van der Waals surface area (Å²) in [5.41, 5.74) is 2.41. The molecule has 0 amide bonds. The molecule has 2 heterocycles. The van der Waals surface area contributed by atoms with Gasteiger partial charge in [-0.05, 0) is 43.6 Å². The van der Waals surface area contributed by atoms with Crippen molar-refractivity contribution < 1.29 is 9.90 Å². The molecule has 6 heteroatoms. The quantitative estimate of drug-likeness (QED) is 0.725. The van der Waals surface area contributed by atoms with Crippen molar-refractivity contribution in [1.29, 1.82) is 0 Å². The Hall–Kier alpha value is -2.99. The first kappa shape index (κ1) is 17.4. The maximum Gasteiger partial charge on any atom is 0.335 e. The predicted molar refractivity (Wildman–Crippen MR) is 102 cm³/mol. The lowest BCUT2D eigenvalue weighted by Gasteiger charge is -2.31. The minimum Gasteiger partial charge on any atom is -0.478 e. The molecule has 4 rings (SSSR count). The second-order valence-electron chi connectivity index (χ2n) is 6.97. The third-order valence-electron chi connectivity index (χ3n) is 5.09. The maximum absolute atomic E-state index is 11.1. The fourth-order valence-corrected chi connectivity index (χ4v) is 3.60. The molecule has 1 fully saturated rings. The van der Waals surface area contributed by atoms with Gasteiger partial charge in [0, 0.05) is 18.0 Å². The van der Waals surface area contributed by atoms with E-state index in [1.165, 1.54) is 0 Å². The highest BCUT2D eigenvalue weighted by molar-refractivity contribution is 5.87. The molecule has 0 spiro atoms. The Bertz CT molecular complexity index is 915. The Morgan fingerprint density at radius 2 is 1.89 bits per heavy atom. The van der Waals surface area contributed by atoms with Crippen molar-refractivity contribution in [3.63, 3.8) is 0 Å². The van der Waals surface area contributed by atoms with Crippen LogP contribution in [0.3, 0.4) is 0 Å². The van der Waals surface area contributed by atoms with Crippen molar-refractivity contribution in [2.24, 2.45) is 0 Å². The third kappa shape index (κ3) is 4.06. The van der Waals surface area contributed by atoms with Gasteiger partial charge in [0.1, 0.15) is 5.82 Å². The number of nitrogens with one attached hydrogen (secondary N) is 1. The summed E-state index contributed by atoms with van der Waals surface area (Å²) in [4.78, 5) is 18.2. The number of hydrogen-bond acceptors (Lipinski definition) is 4. The van der Waals surface area contributed by atoms with Crippen molar-refractivity contribution in [3.05, 3.63) is 71.5 Å². The predicted octanol–water partition coefficient (Wildman–Crippen LogP) is 3.55. The lowest BCUT2D eigenvalue weighted by atomic mass is 9.95. The minimum atomic E-state index is -0.880. The van der Waals surface area contributed by atoms with Gasteiger partial charge in [0.15, 0.2) is 5.82 Å². The van der Waals surface area contributed by atoms with Gasteiger partial charge < -0.3 is 5.11 Å². The molecule has 3 aromatic rings. The number of H-pyrrole nitrogens is 1. The van der Waals surface area contributed by atoms with Crippen LogP contribution in [0.15, 0.2) is 54.6 Å². The van der Waals surface area contributed by atoms with E-state index >= 15 is 0 Å². The first-order chi connectivity index (χ1) is 13.2. The van der Waals surface area contributed by atoms with Crippen LogP contribution in [0, 0.1) is 0 Å². The Morgan fingerprint density at radius 3 is 2.63 bits per heavy atom. The van der Waals surface area contributed by atoms with Crippen LogP contribution in [0.2, 0.25) is 0 Å². The van der Waals surface area contributed by atoms with Crippen LogP contribution >= 0.6 is 0 Å². The number of carbonyl (C=O) groups is 1. The summed E-state index contributed by atoms with van der Waals surface area (Å²) in [5.74, 6) is 1.21. The van der Waals surface area contributed by atoms with Gasteiger partial charge in [-0.2, -0.15) is 5.10 Å². The average molecular weight is 362 g/mol. The highest BCUT2D eigenvalue weighted by Crippen LogP contribution is 2.27. The van der Waals surface area contributed by atoms with Crippen molar-refractivity contribution in [2.75, 3.05) is 13.1 Å². The Morgan fingerprint density at radius 1 is 1.11 bits per heavy atom. The van der Waals surface area contributed by atoms with Gasteiger partial charge in [-0.3, -0.25) is 10.00 Å².